The van der Waals surface area contributed by atoms with Gasteiger partial charge in [-0.2, -0.15) is 0 Å². The van der Waals surface area contributed by atoms with Crippen molar-refractivity contribution in [3.63, 3.8) is 0 Å². The molecular weight excluding hydrogens is 165 g/mol. The summed E-state index contributed by atoms with van der Waals surface area (Å²) < 4.78 is 0. The maximum Gasteiger partial charge on any atom is 0.0303 e. The molecule has 3 atom stereocenters. The van der Waals surface area contributed by atoms with Gasteiger partial charge >= 0.3 is 0 Å². The molecule has 0 saturated heterocycles. The molecule has 0 aromatic heterocycles. The number of nitrogens with two attached hydrogens (primary N) is 1. The van der Waals surface area contributed by atoms with Crippen molar-refractivity contribution in [3.8, 4) is 0 Å². The van der Waals surface area contributed by atoms with E-state index in [9.17, 15) is 0 Å². The van der Waals surface area contributed by atoms with Crippen molar-refractivity contribution in [2.45, 2.75) is 44.8 Å². The van der Waals surface area contributed by atoms with Crippen LogP contribution in [-0.4, -0.2) is 5.28 Å². The molecule has 0 amide bonds. The zero-order valence-corrected chi connectivity index (χ0v) is 9.29. The lowest BCUT2D eigenvalue weighted by atomic mass is 9.89. The summed E-state index contributed by atoms with van der Waals surface area (Å²) in [5, 5.41) is -0.0172. The lowest BCUT2D eigenvalue weighted by Crippen LogP contribution is -2.34. The predicted molar refractivity (Wildman–Crippen MR) is 58.0 cm³/mol. The van der Waals surface area contributed by atoms with E-state index in [1.54, 1.807) is 0 Å². The molecule has 0 heterocycles. The van der Waals surface area contributed by atoms with E-state index in [-0.39, 0.29) is 5.28 Å². The molecule has 0 aromatic rings. The molecule has 0 fully saturated rings. The second kappa shape index (κ2) is 3.89. The Morgan fingerprint density at radius 2 is 2.33 bits per heavy atom. The Morgan fingerprint density at radius 3 is 3.00 bits per heavy atom. The van der Waals surface area contributed by atoms with Crippen LogP contribution >= 0.6 is 9.24 Å². The van der Waals surface area contributed by atoms with Crippen LogP contribution in [0.5, 0.6) is 0 Å². The Labute approximate surface area is 78.0 Å². The van der Waals surface area contributed by atoms with E-state index in [1.165, 1.54) is 12.0 Å². The standard InChI is InChI=1S/C10H20NP/c1-8-4-3-5-10(11,12)7-9(2)6-8/h4,9H,3,5-7,11-12H2,1-2H3. The third-order valence-electron chi connectivity index (χ3n) is 2.50. The number of allylic oxidation sites excluding steroid dienone is 2. The van der Waals surface area contributed by atoms with Crippen LogP contribution in [0.3, 0.4) is 0 Å². The molecule has 1 rings (SSSR count). The molecule has 1 aliphatic rings. The van der Waals surface area contributed by atoms with Crippen molar-refractivity contribution in [2.75, 3.05) is 0 Å². The third kappa shape index (κ3) is 3.25. The fraction of sp³-hybridized carbons (Fsp3) is 0.800. The fourth-order valence-electron chi connectivity index (χ4n) is 2.04. The first-order valence-corrected chi connectivity index (χ1v) is 5.31. The van der Waals surface area contributed by atoms with Gasteiger partial charge in [0.2, 0.25) is 0 Å². The SMILES string of the molecule is CC1=CCCC(N)(P)CC(C)C1. The summed E-state index contributed by atoms with van der Waals surface area (Å²) in [5.41, 5.74) is 7.65. The maximum atomic E-state index is 6.12. The van der Waals surface area contributed by atoms with Gasteiger partial charge in [0.1, 0.15) is 0 Å². The largest absolute Gasteiger partial charge is 0.322 e. The van der Waals surface area contributed by atoms with Crippen LogP contribution in [0.2, 0.25) is 0 Å². The molecule has 12 heavy (non-hydrogen) atoms. The zero-order valence-electron chi connectivity index (χ0n) is 8.14. The van der Waals surface area contributed by atoms with Crippen LogP contribution in [0.4, 0.5) is 0 Å². The minimum absolute atomic E-state index is 0.0172. The van der Waals surface area contributed by atoms with Gasteiger partial charge in [0, 0.05) is 5.28 Å². The third-order valence-corrected chi connectivity index (χ3v) is 3.03. The van der Waals surface area contributed by atoms with Gasteiger partial charge in [0.05, 0.1) is 0 Å². The quantitative estimate of drug-likeness (QED) is 0.455. The van der Waals surface area contributed by atoms with Crippen LogP contribution < -0.4 is 5.73 Å². The van der Waals surface area contributed by atoms with Crippen LogP contribution in [0.1, 0.15) is 39.5 Å². The average Bonchev–Trinajstić information content (AvgIpc) is 1.81. The summed E-state index contributed by atoms with van der Waals surface area (Å²) in [7, 11) is 2.80. The van der Waals surface area contributed by atoms with Crippen molar-refractivity contribution in [1.29, 1.82) is 0 Å². The van der Waals surface area contributed by atoms with E-state index >= 15 is 0 Å². The molecule has 2 heteroatoms. The smallest absolute Gasteiger partial charge is 0.0303 e. The zero-order chi connectivity index (χ0) is 9.19. The monoisotopic (exact) mass is 185 g/mol. The molecule has 1 nitrogen and oxygen atoms in total. The number of rotatable bonds is 0. The molecule has 70 valence electrons. The second-order valence-corrected chi connectivity index (χ2v) is 5.49. The van der Waals surface area contributed by atoms with Gasteiger partial charge in [-0.1, -0.05) is 18.6 Å². The van der Waals surface area contributed by atoms with Gasteiger partial charge in [-0.05, 0) is 38.5 Å². The summed E-state index contributed by atoms with van der Waals surface area (Å²) in [6, 6.07) is 0. The van der Waals surface area contributed by atoms with E-state index < -0.39 is 0 Å². The van der Waals surface area contributed by atoms with E-state index in [2.05, 4.69) is 29.2 Å². The summed E-state index contributed by atoms with van der Waals surface area (Å²) in [4.78, 5) is 0. The molecule has 0 aliphatic heterocycles. The highest BCUT2D eigenvalue weighted by molar-refractivity contribution is 7.18. The van der Waals surface area contributed by atoms with E-state index in [1.807, 2.05) is 0 Å². The minimum Gasteiger partial charge on any atom is -0.322 e. The highest BCUT2D eigenvalue weighted by atomic mass is 31.0. The molecule has 0 spiro atoms. The maximum absolute atomic E-state index is 6.12. The van der Waals surface area contributed by atoms with Gasteiger partial charge in [-0.25, -0.2) is 0 Å². The highest BCUT2D eigenvalue weighted by Crippen LogP contribution is 2.31. The van der Waals surface area contributed by atoms with Gasteiger partial charge in [-0.15, -0.1) is 9.24 Å². The molecule has 0 aromatic carbocycles. The predicted octanol–water partition coefficient (Wildman–Crippen LogP) is 2.67. The Balaban J connectivity index is 2.63. The van der Waals surface area contributed by atoms with Crippen LogP contribution in [-0.2, 0) is 0 Å². The normalized spacial score (nSPS) is 38.3. The first kappa shape index (κ1) is 10.2. The van der Waals surface area contributed by atoms with Gasteiger partial charge < -0.3 is 5.73 Å². The molecular formula is C10H20NP. The van der Waals surface area contributed by atoms with Gasteiger partial charge in [0.15, 0.2) is 0 Å². The number of hydrogen-bond acceptors (Lipinski definition) is 1. The summed E-state index contributed by atoms with van der Waals surface area (Å²) in [6.07, 6.45) is 6.91. The minimum atomic E-state index is -0.0172. The first-order valence-electron chi connectivity index (χ1n) is 4.73. The van der Waals surface area contributed by atoms with Gasteiger partial charge in [-0.3, -0.25) is 0 Å². The van der Waals surface area contributed by atoms with Crippen molar-refractivity contribution in [2.24, 2.45) is 11.7 Å². The summed E-state index contributed by atoms with van der Waals surface area (Å²) in [6.45, 7) is 4.51. The molecule has 3 unspecified atom stereocenters. The van der Waals surface area contributed by atoms with Gasteiger partial charge in [0.25, 0.3) is 0 Å². The lowest BCUT2D eigenvalue weighted by Gasteiger charge is -2.29. The van der Waals surface area contributed by atoms with Crippen molar-refractivity contribution in [1.82, 2.24) is 0 Å². The Hall–Kier alpha value is 0.130. The first-order chi connectivity index (χ1) is 5.49. The topological polar surface area (TPSA) is 26.0 Å². The molecule has 0 saturated carbocycles. The van der Waals surface area contributed by atoms with E-state index in [0.717, 1.165) is 25.2 Å². The molecule has 0 bridgehead atoms. The van der Waals surface area contributed by atoms with Crippen LogP contribution in [0, 0.1) is 5.92 Å². The second-order valence-electron chi connectivity index (χ2n) is 4.34. The van der Waals surface area contributed by atoms with Crippen molar-refractivity contribution >= 4 is 9.24 Å². The molecule has 2 N–H and O–H groups in total. The summed E-state index contributed by atoms with van der Waals surface area (Å²) in [5.74, 6) is 0.726. The Morgan fingerprint density at radius 1 is 1.67 bits per heavy atom. The van der Waals surface area contributed by atoms with Crippen LogP contribution in [0.25, 0.3) is 0 Å². The van der Waals surface area contributed by atoms with Crippen molar-refractivity contribution in [3.05, 3.63) is 11.6 Å². The Bertz CT molecular complexity index is 184. The number of hydrogen-bond donors (Lipinski definition) is 1. The van der Waals surface area contributed by atoms with E-state index in [4.69, 9.17) is 5.73 Å². The lowest BCUT2D eigenvalue weighted by molar-refractivity contribution is 0.404. The fourth-order valence-corrected chi connectivity index (χ4v) is 2.61. The van der Waals surface area contributed by atoms with Crippen LogP contribution in [0.15, 0.2) is 11.6 Å². The van der Waals surface area contributed by atoms with Crippen molar-refractivity contribution < 1.29 is 0 Å². The highest BCUT2D eigenvalue weighted by Gasteiger charge is 2.22. The average molecular weight is 185 g/mol. The summed E-state index contributed by atoms with van der Waals surface area (Å²) >= 11 is 0. The Kier molecular flexibility index (Phi) is 3.31. The molecule has 1 aliphatic carbocycles. The van der Waals surface area contributed by atoms with E-state index in [0.29, 0.717) is 0 Å². The molecule has 0 radical (unpaired) electrons.